The van der Waals surface area contributed by atoms with E-state index in [2.05, 4.69) is 4.72 Å². The van der Waals surface area contributed by atoms with Gasteiger partial charge in [0, 0.05) is 13.2 Å². The van der Waals surface area contributed by atoms with E-state index in [0.29, 0.717) is 38.5 Å². The van der Waals surface area contributed by atoms with Crippen LogP contribution in [0.3, 0.4) is 0 Å². The lowest BCUT2D eigenvalue weighted by Crippen LogP contribution is -2.46. The number of nitrogens with two attached hydrogens (primary N) is 1. The summed E-state index contributed by atoms with van der Waals surface area (Å²) in [6, 6.07) is 6.29. The fraction of sp³-hybridized carbons (Fsp3) is 0.538. The minimum Gasteiger partial charge on any atom is -0.492 e. The average molecular weight is 300 g/mol. The van der Waals surface area contributed by atoms with E-state index in [-0.39, 0.29) is 4.90 Å². The molecule has 1 atom stereocenters. The molecule has 112 valence electrons. The van der Waals surface area contributed by atoms with Gasteiger partial charge in [-0.05, 0) is 37.6 Å². The van der Waals surface area contributed by atoms with Crippen molar-refractivity contribution >= 4 is 10.0 Å². The smallest absolute Gasteiger partial charge is 0.241 e. The van der Waals surface area contributed by atoms with Crippen molar-refractivity contribution < 1.29 is 17.9 Å². The predicted octanol–water partition coefficient (Wildman–Crippen LogP) is 0.481. The summed E-state index contributed by atoms with van der Waals surface area (Å²) in [6.45, 7) is 3.63. The van der Waals surface area contributed by atoms with Gasteiger partial charge in [0.25, 0.3) is 0 Å². The second kappa shape index (κ2) is 6.09. The zero-order chi connectivity index (χ0) is 14.6. The molecule has 0 aliphatic carbocycles. The third-order valence-electron chi connectivity index (χ3n) is 3.12. The summed E-state index contributed by atoms with van der Waals surface area (Å²) in [4.78, 5) is 0.214. The second-order valence-corrected chi connectivity index (χ2v) is 6.76. The van der Waals surface area contributed by atoms with E-state index < -0.39 is 15.6 Å². The van der Waals surface area contributed by atoms with E-state index in [0.717, 1.165) is 0 Å². The highest BCUT2D eigenvalue weighted by Crippen LogP contribution is 2.22. The van der Waals surface area contributed by atoms with Gasteiger partial charge in [-0.1, -0.05) is 0 Å². The van der Waals surface area contributed by atoms with Gasteiger partial charge in [0.1, 0.15) is 12.4 Å². The molecule has 0 aromatic heterocycles. The molecule has 1 fully saturated rings. The second-order valence-electron chi connectivity index (χ2n) is 5.08. The van der Waals surface area contributed by atoms with Crippen molar-refractivity contribution in [2.75, 3.05) is 26.4 Å². The molecule has 0 bridgehead atoms. The van der Waals surface area contributed by atoms with Crippen LogP contribution in [0, 0.1) is 0 Å². The van der Waals surface area contributed by atoms with Crippen LogP contribution in [0.15, 0.2) is 29.2 Å². The van der Waals surface area contributed by atoms with Gasteiger partial charge in [-0.3, -0.25) is 0 Å². The summed E-state index contributed by atoms with van der Waals surface area (Å²) in [7, 11) is -3.55. The molecule has 1 saturated heterocycles. The van der Waals surface area contributed by atoms with E-state index in [9.17, 15) is 8.42 Å². The Labute approximate surface area is 119 Å². The number of rotatable bonds is 6. The Balaban J connectivity index is 2.09. The zero-order valence-electron chi connectivity index (χ0n) is 11.5. The van der Waals surface area contributed by atoms with Crippen LogP contribution in [0.2, 0.25) is 0 Å². The molecule has 1 aromatic rings. The highest BCUT2D eigenvalue weighted by Gasteiger charge is 2.34. The molecule has 1 aliphatic heterocycles. The fourth-order valence-electron chi connectivity index (χ4n) is 2.02. The van der Waals surface area contributed by atoms with Crippen molar-refractivity contribution in [2.24, 2.45) is 5.73 Å². The standard InChI is InChI=1S/C13H20N2O4S/c1-13(6-8-18-10-13)15-20(16,17)12-4-2-11(3-5-12)19-9-7-14/h2-5,15H,6-10,14H2,1H3. The fourth-order valence-corrected chi connectivity index (χ4v) is 3.44. The van der Waals surface area contributed by atoms with Crippen LogP contribution in [0.4, 0.5) is 0 Å². The van der Waals surface area contributed by atoms with Crippen molar-refractivity contribution in [3.05, 3.63) is 24.3 Å². The molecule has 1 aliphatic rings. The van der Waals surface area contributed by atoms with Gasteiger partial charge >= 0.3 is 0 Å². The predicted molar refractivity (Wildman–Crippen MR) is 75.2 cm³/mol. The number of sulfonamides is 1. The zero-order valence-corrected chi connectivity index (χ0v) is 12.3. The Hall–Kier alpha value is -1.15. The van der Waals surface area contributed by atoms with E-state index in [1.54, 1.807) is 12.1 Å². The molecule has 3 N–H and O–H groups in total. The van der Waals surface area contributed by atoms with Gasteiger partial charge in [-0.2, -0.15) is 0 Å². The molecule has 1 aromatic carbocycles. The van der Waals surface area contributed by atoms with Crippen molar-refractivity contribution in [3.8, 4) is 5.75 Å². The van der Waals surface area contributed by atoms with Crippen LogP contribution in [0.1, 0.15) is 13.3 Å². The van der Waals surface area contributed by atoms with Crippen molar-refractivity contribution in [3.63, 3.8) is 0 Å². The molecule has 1 heterocycles. The van der Waals surface area contributed by atoms with Crippen molar-refractivity contribution in [1.29, 1.82) is 0 Å². The molecular formula is C13H20N2O4S. The summed E-state index contributed by atoms with van der Waals surface area (Å²) < 4.78 is 37.8. The highest BCUT2D eigenvalue weighted by atomic mass is 32.2. The third kappa shape index (κ3) is 3.69. The largest absolute Gasteiger partial charge is 0.492 e. The highest BCUT2D eigenvalue weighted by molar-refractivity contribution is 7.89. The van der Waals surface area contributed by atoms with E-state index in [4.69, 9.17) is 15.2 Å². The quantitative estimate of drug-likeness (QED) is 0.797. The summed E-state index contributed by atoms with van der Waals surface area (Å²) in [6.07, 6.45) is 0.671. The van der Waals surface area contributed by atoms with Gasteiger partial charge in [0.05, 0.1) is 17.0 Å². The Bertz CT molecular complexity index is 536. The lowest BCUT2D eigenvalue weighted by atomic mass is 10.0. The first-order valence-corrected chi connectivity index (χ1v) is 7.98. The van der Waals surface area contributed by atoms with Gasteiger partial charge in [0.15, 0.2) is 0 Å². The molecule has 6 nitrogen and oxygen atoms in total. The first-order chi connectivity index (χ1) is 9.45. The Morgan fingerprint density at radius 3 is 2.65 bits per heavy atom. The van der Waals surface area contributed by atoms with Crippen LogP contribution < -0.4 is 15.2 Å². The van der Waals surface area contributed by atoms with Gasteiger partial charge in [0.2, 0.25) is 10.0 Å². The van der Waals surface area contributed by atoms with Crippen LogP contribution in [0.5, 0.6) is 5.75 Å². The SMILES string of the molecule is CC1(NS(=O)(=O)c2ccc(OCCN)cc2)CCOC1. The molecule has 0 radical (unpaired) electrons. The maximum atomic E-state index is 12.3. The van der Waals surface area contributed by atoms with Crippen molar-refractivity contribution in [2.45, 2.75) is 23.8 Å². The lowest BCUT2D eigenvalue weighted by Gasteiger charge is -2.23. The minimum absolute atomic E-state index is 0.214. The first kappa shape index (κ1) is 15.2. The van der Waals surface area contributed by atoms with E-state index in [1.165, 1.54) is 12.1 Å². The molecule has 0 amide bonds. The van der Waals surface area contributed by atoms with E-state index >= 15 is 0 Å². The number of hydrogen-bond acceptors (Lipinski definition) is 5. The van der Waals surface area contributed by atoms with Crippen LogP contribution in [-0.4, -0.2) is 40.3 Å². The monoisotopic (exact) mass is 300 g/mol. The minimum atomic E-state index is -3.55. The number of hydrogen-bond donors (Lipinski definition) is 2. The molecule has 7 heteroatoms. The number of nitrogens with one attached hydrogen (secondary N) is 1. The maximum Gasteiger partial charge on any atom is 0.241 e. The van der Waals surface area contributed by atoms with Crippen molar-refractivity contribution in [1.82, 2.24) is 4.72 Å². The third-order valence-corrected chi connectivity index (χ3v) is 4.77. The number of ether oxygens (including phenoxy) is 2. The average Bonchev–Trinajstić information content (AvgIpc) is 2.82. The van der Waals surface area contributed by atoms with Crippen LogP contribution in [-0.2, 0) is 14.8 Å². The summed E-state index contributed by atoms with van der Waals surface area (Å²) in [5.41, 5.74) is 4.80. The topological polar surface area (TPSA) is 90.7 Å². The molecule has 1 unspecified atom stereocenters. The van der Waals surface area contributed by atoms with Gasteiger partial charge in [-0.25, -0.2) is 13.1 Å². The number of benzene rings is 1. The molecule has 0 spiro atoms. The first-order valence-electron chi connectivity index (χ1n) is 6.50. The van der Waals surface area contributed by atoms with Gasteiger partial charge < -0.3 is 15.2 Å². The van der Waals surface area contributed by atoms with E-state index in [1.807, 2.05) is 6.92 Å². The Morgan fingerprint density at radius 1 is 1.40 bits per heavy atom. The normalized spacial score (nSPS) is 22.9. The molecule has 0 saturated carbocycles. The summed E-state index contributed by atoms with van der Waals surface area (Å²) >= 11 is 0. The summed E-state index contributed by atoms with van der Waals surface area (Å²) in [5.74, 6) is 0.602. The molecular weight excluding hydrogens is 280 g/mol. The van der Waals surface area contributed by atoms with Crippen LogP contribution >= 0.6 is 0 Å². The lowest BCUT2D eigenvalue weighted by molar-refractivity contribution is 0.178. The molecule has 20 heavy (non-hydrogen) atoms. The molecule has 2 rings (SSSR count). The Kier molecular flexibility index (Phi) is 4.64. The summed E-state index contributed by atoms with van der Waals surface area (Å²) in [5, 5.41) is 0. The maximum absolute atomic E-state index is 12.3. The van der Waals surface area contributed by atoms with Gasteiger partial charge in [-0.15, -0.1) is 0 Å². The van der Waals surface area contributed by atoms with Crippen LogP contribution in [0.25, 0.3) is 0 Å². The Morgan fingerprint density at radius 2 is 2.10 bits per heavy atom.